The lowest BCUT2D eigenvalue weighted by molar-refractivity contribution is 0.0460. The first-order valence-electron chi connectivity index (χ1n) is 6.32. The molecule has 0 radical (unpaired) electrons. The molecular formula is C14H18O5. The van der Waals surface area contributed by atoms with Crippen molar-refractivity contribution in [3.63, 3.8) is 0 Å². The maximum atomic E-state index is 11.7. The van der Waals surface area contributed by atoms with Crippen molar-refractivity contribution >= 4 is 5.97 Å². The van der Waals surface area contributed by atoms with Crippen LogP contribution in [0.1, 0.15) is 34.3 Å². The van der Waals surface area contributed by atoms with Gasteiger partial charge in [-0.15, -0.1) is 0 Å². The fourth-order valence-corrected chi connectivity index (χ4v) is 2.17. The molecule has 0 saturated heterocycles. The average molecular weight is 266 g/mol. The van der Waals surface area contributed by atoms with Crippen molar-refractivity contribution in [2.75, 3.05) is 20.5 Å². The Morgan fingerprint density at radius 2 is 2.21 bits per heavy atom. The molecule has 1 heterocycles. The molecule has 1 aliphatic rings. The second-order valence-electron chi connectivity index (χ2n) is 4.38. The molecule has 1 aromatic rings. The smallest absolute Gasteiger partial charge is 0.342 e. The van der Waals surface area contributed by atoms with Gasteiger partial charge in [0.15, 0.2) is 6.79 Å². The SMILES string of the molecule is COCOc1ccc(CCCCO)c2c1C(=O)OC2. The number of ether oxygens (including phenoxy) is 3. The third kappa shape index (κ3) is 3.05. The zero-order chi connectivity index (χ0) is 13.7. The van der Waals surface area contributed by atoms with Gasteiger partial charge >= 0.3 is 5.97 Å². The van der Waals surface area contributed by atoms with Gasteiger partial charge in [0.2, 0.25) is 0 Å². The van der Waals surface area contributed by atoms with Crippen LogP contribution in [0, 0.1) is 0 Å². The fourth-order valence-electron chi connectivity index (χ4n) is 2.17. The fraction of sp³-hybridized carbons (Fsp3) is 0.500. The van der Waals surface area contributed by atoms with E-state index in [0.717, 1.165) is 30.4 Å². The zero-order valence-corrected chi connectivity index (χ0v) is 11.0. The standard InChI is InChI=1S/C14H18O5/c1-17-9-19-12-6-5-10(4-2-3-7-15)11-8-18-14(16)13(11)12/h5-6,15H,2-4,7-9H2,1H3. The van der Waals surface area contributed by atoms with E-state index in [1.54, 1.807) is 6.07 Å². The number of aryl methyl sites for hydroxylation is 1. The Labute approximate surface area is 112 Å². The van der Waals surface area contributed by atoms with Gasteiger partial charge in [-0.05, 0) is 30.9 Å². The molecule has 0 aliphatic carbocycles. The first-order chi connectivity index (χ1) is 9.27. The average Bonchev–Trinajstić information content (AvgIpc) is 2.81. The normalized spacial score (nSPS) is 13.3. The minimum Gasteiger partial charge on any atom is -0.467 e. The molecule has 0 saturated carbocycles. The van der Waals surface area contributed by atoms with Crippen LogP contribution in [0.5, 0.6) is 5.75 Å². The Morgan fingerprint density at radius 3 is 2.95 bits per heavy atom. The Hall–Kier alpha value is -1.59. The molecule has 1 aromatic carbocycles. The lowest BCUT2D eigenvalue weighted by Crippen LogP contribution is -2.05. The monoisotopic (exact) mass is 266 g/mol. The van der Waals surface area contributed by atoms with Crippen molar-refractivity contribution in [2.45, 2.75) is 25.9 Å². The van der Waals surface area contributed by atoms with E-state index in [2.05, 4.69) is 0 Å². The third-order valence-electron chi connectivity index (χ3n) is 3.11. The van der Waals surface area contributed by atoms with Crippen LogP contribution in [0.25, 0.3) is 0 Å². The molecule has 5 nitrogen and oxygen atoms in total. The summed E-state index contributed by atoms with van der Waals surface area (Å²) in [5.41, 5.74) is 2.49. The number of unbranched alkanes of at least 4 members (excludes halogenated alkanes) is 1. The van der Waals surface area contributed by atoms with Crippen molar-refractivity contribution in [3.8, 4) is 5.75 Å². The zero-order valence-electron chi connectivity index (χ0n) is 11.0. The highest BCUT2D eigenvalue weighted by molar-refractivity contribution is 5.96. The highest BCUT2D eigenvalue weighted by Crippen LogP contribution is 2.32. The van der Waals surface area contributed by atoms with E-state index in [0.29, 0.717) is 17.9 Å². The number of carbonyl (C=O) groups excluding carboxylic acids is 1. The summed E-state index contributed by atoms with van der Waals surface area (Å²) in [7, 11) is 1.53. The lowest BCUT2D eigenvalue weighted by Gasteiger charge is -2.11. The highest BCUT2D eigenvalue weighted by atomic mass is 16.7. The van der Waals surface area contributed by atoms with Crippen molar-refractivity contribution in [3.05, 3.63) is 28.8 Å². The molecule has 0 aromatic heterocycles. The summed E-state index contributed by atoms with van der Waals surface area (Å²) < 4.78 is 15.3. The van der Waals surface area contributed by atoms with E-state index in [9.17, 15) is 4.79 Å². The Morgan fingerprint density at radius 1 is 1.37 bits per heavy atom. The highest BCUT2D eigenvalue weighted by Gasteiger charge is 2.28. The van der Waals surface area contributed by atoms with Crippen LogP contribution in [-0.4, -0.2) is 31.6 Å². The van der Waals surface area contributed by atoms with Crippen molar-refractivity contribution in [1.82, 2.24) is 0 Å². The van der Waals surface area contributed by atoms with E-state index >= 15 is 0 Å². The van der Waals surface area contributed by atoms with Crippen molar-refractivity contribution < 1.29 is 24.1 Å². The van der Waals surface area contributed by atoms with Gasteiger partial charge in [0.25, 0.3) is 0 Å². The Balaban J connectivity index is 2.22. The number of fused-ring (bicyclic) bond motifs is 1. The van der Waals surface area contributed by atoms with Crippen LogP contribution >= 0.6 is 0 Å². The Bertz CT molecular complexity index is 455. The van der Waals surface area contributed by atoms with Crippen LogP contribution in [-0.2, 0) is 22.5 Å². The second kappa shape index (κ2) is 6.54. The number of cyclic esters (lactones) is 1. The van der Waals surface area contributed by atoms with E-state index < -0.39 is 0 Å². The minimum atomic E-state index is -0.342. The summed E-state index contributed by atoms with van der Waals surface area (Å²) in [6.07, 6.45) is 2.46. The molecule has 0 atom stereocenters. The summed E-state index contributed by atoms with van der Waals surface area (Å²) >= 11 is 0. The largest absolute Gasteiger partial charge is 0.467 e. The van der Waals surface area contributed by atoms with Gasteiger partial charge in [0.1, 0.15) is 17.9 Å². The summed E-state index contributed by atoms with van der Waals surface area (Å²) in [6.45, 7) is 0.586. The van der Waals surface area contributed by atoms with Crippen LogP contribution in [0.3, 0.4) is 0 Å². The molecule has 5 heteroatoms. The molecule has 2 rings (SSSR count). The molecule has 19 heavy (non-hydrogen) atoms. The number of rotatable bonds is 7. The number of esters is 1. The summed E-state index contributed by atoms with van der Waals surface area (Å²) in [4.78, 5) is 11.7. The van der Waals surface area contributed by atoms with Gasteiger partial charge < -0.3 is 19.3 Å². The van der Waals surface area contributed by atoms with Gasteiger partial charge in [-0.1, -0.05) is 6.07 Å². The molecule has 0 fully saturated rings. The van der Waals surface area contributed by atoms with E-state index in [1.165, 1.54) is 7.11 Å². The van der Waals surface area contributed by atoms with E-state index in [4.69, 9.17) is 19.3 Å². The third-order valence-corrected chi connectivity index (χ3v) is 3.11. The quantitative estimate of drug-likeness (QED) is 0.462. The van der Waals surface area contributed by atoms with Crippen molar-refractivity contribution in [1.29, 1.82) is 0 Å². The first kappa shape index (κ1) is 13.8. The molecule has 0 amide bonds. The summed E-state index contributed by atoms with van der Waals surface area (Å²) in [5, 5.41) is 8.81. The molecule has 1 aliphatic heterocycles. The molecule has 1 N–H and O–H groups in total. The van der Waals surface area contributed by atoms with E-state index in [-0.39, 0.29) is 19.4 Å². The minimum absolute atomic E-state index is 0.101. The number of carbonyl (C=O) groups is 1. The van der Waals surface area contributed by atoms with Gasteiger partial charge in [-0.3, -0.25) is 0 Å². The van der Waals surface area contributed by atoms with Gasteiger partial charge in [0, 0.05) is 19.3 Å². The molecule has 0 unspecified atom stereocenters. The second-order valence-corrected chi connectivity index (χ2v) is 4.38. The number of hydrogen-bond donors (Lipinski definition) is 1. The number of aliphatic hydroxyl groups is 1. The molecule has 0 bridgehead atoms. The van der Waals surface area contributed by atoms with Gasteiger partial charge in [-0.2, -0.15) is 0 Å². The van der Waals surface area contributed by atoms with Gasteiger partial charge in [0.05, 0.1) is 0 Å². The first-order valence-corrected chi connectivity index (χ1v) is 6.32. The maximum absolute atomic E-state index is 11.7. The number of aliphatic hydroxyl groups excluding tert-OH is 1. The summed E-state index contributed by atoms with van der Waals surface area (Å²) in [6, 6.07) is 3.72. The topological polar surface area (TPSA) is 65.0 Å². The molecule has 104 valence electrons. The van der Waals surface area contributed by atoms with Crippen LogP contribution < -0.4 is 4.74 Å². The number of benzene rings is 1. The molecule has 0 spiro atoms. The maximum Gasteiger partial charge on any atom is 0.342 e. The predicted octanol–water partition coefficient (Wildman–Crippen LogP) is 1.65. The predicted molar refractivity (Wildman–Crippen MR) is 68.1 cm³/mol. The van der Waals surface area contributed by atoms with Crippen LogP contribution in [0.2, 0.25) is 0 Å². The summed E-state index contributed by atoms with van der Waals surface area (Å²) in [5.74, 6) is 0.162. The van der Waals surface area contributed by atoms with Crippen molar-refractivity contribution in [2.24, 2.45) is 0 Å². The Kier molecular flexibility index (Phi) is 4.76. The van der Waals surface area contributed by atoms with Gasteiger partial charge in [-0.25, -0.2) is 4.79 Å². The lowest BCUT2D eigenvalue weighted by atomic mass is 9.98. The van der Waals surface area contributed by atoms with Crippen LogP contribution in [0.4, 0.5) is 0 Å². The number of methoxy groups -OCH3 is 1. The number of hydrogen-bond acceptors (Lipinski definition) is 5. The van der Waals surface area contributed by atoms with Crippen LogP contribution in [0.15, 0.2) is 12.1 Å². The molecular weight excluding hydrogens is 248 g/mol. The van der Waals surface area contributed by atoms with E-state index in [1.807, 2.05) is 6.07 Å².